The summed E-state index contributed by atoms with van der Waals surface area (Å²) in [5.41, 5.74) is 1.49. The van der Waals surface area contributed by atoms with Crippen molar-refractivity contribution in [2.24, 2.45) is 0 Å². The zero-order valence-corrected chi connectivity index (χ0v) is 18.6. The SMILES string of the molecule is Cc1cc(Nc2cc(P(C)(C)=O)nc(N[C@@H]3C[C@H]4CC[C@@H](C3)N4CCC#N)n2)n[nH]1. The first-order chi connectivity index (χ1) is 14.3. The molecule has 10 heteroatoms. The van der Waals surface area contributed by atoms with Crippen LogP contribution in [-0.2, 0) is 4.57 Å². The third-order valence-corrected chi connectivity index (χ3v) is 7.26. The Morgan fingerprint density at radius 1 is 1.23 bits per heavy atom. The summed E-state index contributed by atoms with van der Waals surface area (Å²) in [5.74, 6) is 1.74. The zero-order valence-electron chi connectivity index (χ0n) is 17.7. The molecule has 2 aliphatic heterocycles. The van der Waals surface area contributed by atoms with Crippen LogP contribution in [-0.4, -0.2) is 63.1 Å². The summed E-state index contributed by atoms with van der Waals surface area (Å²) < 4.78 is 12.7. The molecule has 2 aromatic rings. The number of nitriles is 1. The van der Waals surface area contributed by atoms with Crippen LogP contribution in [0.25, 0.3) is 0 Å². The van der Waals surface area contributed by atoms with Crippen LogP contribution in [0.4, 0.5) is 17.6 Å². The number of piperidine rings is 1. The Morgan fingerprint density at radius 3 is 2.57 bits per heavy atom. The first-order valence-electron chi connectivity index (χ1n) is 10.4. The molecular formula is C20H29N8OP. The Balaban J connectivity index is 1.52. The molecule has 2 fully saturated rings. The monoisotopic (exact) mass is 428 g/mol. The van der Waals surface area contributed by atoms with E-state index in [0.717, 1.165) is 25.1 Å². The highest BCUT2D eigenvalue weighted by Gasteiger charge is 2.40. The van der Waals surface area contributed by atoms with Gasteiger partial charge in [-0.25, -0.2) is 4.98 Å². The van der Waals surface area contributed by atoms with Gasteiger partial charge in [0, 0.05) is 48.9 Å². The number of aromatic amines is 1. The van der Waals surface area contributed by atoms with Crippen molar-refractivity contribution < 1.29 is 4.57 Å². The van der Waals surface area contributed by atoms with Gasteiger partial charge in [0.05, 0.1) is 6.07 Å². The van der Waals surface area contributed by atoms with E-state index < -0.39 is 7.14 Å². The molecule has 0 radical (unpaired) electrons. The first kappa shape index (κ1) is 20.8. The van der Waals surface area contributed by atoms with E-state index in [0.29, 0.717) is 41.5 Å². The fourth-order valence-corrected chi connectivity index (χ4v) is 5.34. The lowest BCUT2D eigenvalue weighted by Crippen LogP contribution is -2.47. The van der Waals surface area contributed by atoms with E-state index in [-0.39, 0.29) is 6.04 Å². The second kappa shape index (κ2) is 8.37. The average molecular weight is 428 g/mol. The zero-order chi connectivity index (χ0) is 21.3. The van der Waals surface area contributed by atoms with E-state index in [1.165, 1.54) is 12.8 Å². The van der Waals surface area contributed by atoms with Crippen LogP contribution in [0.3, 0.4) is 0 Å². The van der Waals surface area contributed by atoms with Gasteiger partial charge in [0.1, 0.15) is 18.4 Å². The molecular weight excluding hydrogens is 399 g/mol. The number of anilines is 3. The van der Waals surface area contributed by atoms with E-state index in [9.17, 15) is 4.57 Å². The molecule has 2 aliphatic rings. The first-order valence-corrected chi connectivity index (χ1v) is 13.0. The second-order valence-electron chi connectivity index (χ2n) is 8.69. The molecule has 0 saturated carbocycles. The fourth-order valence-electron chi connectivity index (χ4n) is 4.57. The van der Waals surface area contributed by atoms with Gasteiger partial charge in [-0.1, -0.05) is 0 Å². The van der Waals surface area contributed by atoms with E-state index >= 15 is 0 Å². The number of rotatable bonds is 7. The highest BCUT2D eigenvalue weighted by Crippen LogP contribution is 2.37. The Labute approximate surface area is 177 Å². The topological polar surface area (TPSA) is 123 Å². The highest BCUT2D eigenvalue weighted by molar-refractivity contribution is 7.69. The lowest BCUT2D eigenvalue weighted by atomic mass is 9.97. The van der Waals surface area contributed by atoms with Crippen molar-refractivity contribution in [3.8, 4) is 6.07 Å². The normalized spacial score (nSPS) is 23.9. The Morgan fingerprint density at radius 2 is 1.97 bits per heavy atom. The minimum absolute atomic E-state index is 0.268. The summed E-state index contributed by atoms with van der Waals surface area (Å²) in [7, 11) is -2.56. The van der Waals surface area contributed by atoms with Crippen LogP contribution >= 0.6 is 7.14 Å². The molecule has 0 spiro atoms. The number of aryl methyl sites for hydroxylation is 1. The van der Waals surface area contributed by atoms with Gasteiger partial charge in [-0.15, -0.1) is 0 Å². The maximum Gasteiger partial charge on any atom is 0.225 e. The number of aromatic nitrogens is 4. The van der Waals surface area contributed by atoms with Gasteiger partial charge in [0.2, 0.25) is 5.95 Å². The lowest BCUT2D eigenvalue weighted by Gasteiger charge is -2.38. The third kappa shape index (κ3) is 4.66. The van der Waals surface area contributed by atoms with Crippen molar-refractivity contribution in [3.05, 3.63) is 17.8 Å². The molecule has 3 N–H and O–H groups in total. The molecule has 30 heavy (non-hydrogen) atoms. The number of hydrogen-bond acceptors (Lipinski definition) is 8. The molecule has 0 unspecified atom stereocenters. The molecule has 0 aromatic carbocycles. The second-order valence-corrected chi connectivity index (χ2v) is 11.9. The van der Waals surface area contributed by atoms with Gasteiger partial charge in [-0.2, -0.15) is 15.3 Å². The minimum Gasteiger partial charge on any atom is -0.351 e. The number of H-pyrrole nitrogens is 1. The molecule has 2 saturated heterocycles. The summed E-state index contributed by atoms with van der Waals surface area (Å²) in [6.07, 6.45) is 4.96. The largest absolute Gasteiger partial charge is 0.351 e. The fraction of sp³-hybridized carbons (Fsp3) is 0.600. The standard InChI is InChI=1S/C20H29N8OP/c1-13-9-18(27-26-13)23-17-12-19(30(2,3)29)25-20(24-17)22-14-10-15-5-6-16(11-14)28(15)8-4-7-21/h9,12,14-16H,4-6,8,10-11H2,1-3H3,(H3,22,23,24,25,26,27)/t14-,15-,16+. The summed E-state index contributed by atoms with van der Waals surface area (Å²) >= 11 is 0. The van der Waals surface area contributed by atoms with Gasteiger partial charge >= 0.3 is 0 Å². The van der Waals surface area contributed by atoms with Crippen LogP contribution in [0.5, 0.6) is 0 Å². The van der Waals surface area contributed by atoms with Gasteiger partial charge in [0.25, 0.3) is 0 Å². The quantitative estimate of drug-likeness (QED) is 0.576. The highest BCUT2D eigenvalue weighted by atomic mass is 31.2. The van der Waals surface area contributed by atoms with Crippen molar-refractivity contribution >= 4 is 30.2 Å². The predicted molar refractivity (Wildman–Crippen MR) is 118 cm³/mol. The molecule has 160 valence electrons. The molecule has 0 amide bonds. The van der Waals surface area contributed by atoms with Crippen molar-refractivity contribution in [1.82, 2.24) is 25.1 Å². The Hall–Kier alpha value is -2.43. The molecule has 0 aliphatic carbocycles. The van der Waals surface area contributed by atoms with E-state index in [1.807, 2.05) is 13.0 Å². The number of nitrogens with zero attached hydrogens (tertiary/aromatic N) is 5. The summed E-state index contributed by atoms with van der Waals surface area (Å²) in [5, 5.41) is 22.7. The lowest BCUT2D eigenvalue weighted by molar-refractivity contribution is 0.135. The van der Waals surface area contributed by atoms with Crippen molar-refractivity contribution in [1.29, 1.82) is 5.26 Å². The van der Waals surface area contributed by atoms with Crippen LogP contribution in [0.2, 0.25) is 0 Å². The summed E-state index contributed by atoms with van der Waals surface area (Å²) in [4.78, 5) is 11.7. The van der Waals surface area contributed by atoms with Crippen LogP contribution in [0.1, 0.15) is 37.8 Å². The number of hydrogen-bond donors (Lipinski definition) is 3. The van der Waals surface area contributed by atoms with E-state index in [2.05, 4.69) is 41.8 Å². The van der Waals surface area contributed by atoms with Gasteiger partial charge in [0.15, 0.2) is 5.82 Å². The van der Waals surface area contributed by atoms with E-state index in [4.69, 9.17) is 5.26 Å². The van der Waals surface area contributed by atoms with Crippen molar-refractivity contribution in [3.63, 3.8) is 0 Å². The van der Waals surface area contributed by atoms with Crippen LogP contribution in [0, 0.1) is 18.3 Å². The minimum atomic E-state index is -2.56. The van der Waals surface area contributed by atoms with Crippen molar-refractivity contribution in [2.75, 3.05) is 30.5 Å². The summed E-state index contributed by atoms with van der Waals surface area (Å²) in [6.45, 7) is 6.22. The molecule has 3 atom stereocenters. The van der Waals surface area contributed by atoms with Crippen molar-refractivity contribution in [2.45, 2.75) is 57.2 Å². The molecule has 2 aromatic heterocycles. The Kier molecular flexibility index (Phi) is 5.81. The van der Waals surface area contributed by atoms with Crippen LogP contribution in [0.15, 0.2) is 12.1 Å². The number of fused-ring (bicyclic) bond motifs is 2. The maximum atomic E-state index is 12.7. The average Bonchev–Trinajstić information content (AvgIpc) is 3.18. The predicted octanol–water partition coefficient (Wildman–Crippen LogP) is 2.82. The number of nitrogens with one attached hydrogen (secondary N) is 3. The molecule has 9 nitrogen and oxygen atoms in total. The third-order valence-electron chi connectivity index (χ3n) is 5.93. The van der Waals surface area contributed by atoms with Gasteiger partial charge < -0.3 is 15.2 Å². The molecule has 2 bridgehead atoms. The smallest absolute Gasteiger partial charge is 0.225 e. The van der Waals surface area contributed by atoms with Crippen LogP contribution < -0.4 is 16.1 Å². The summed E-state index contributed by atoms with van der Waals surface area (Å²) in [6, 6.07) is 7.17. The molecule has 4 rings (SSSR count). The maximum absolute atomic E-state index is 12.7. The van der Waals surface area contributed by atoms with Gasteiger partial charge in [-0.3, -0.25) is 10.00 Å². The van der Waals surface area contributed by atoms with E-state index in [1.54, 1.807) is 19.4 Å². The van der Waals surface area contributed by atoms with Gasteiger partial charge in [-0.05, 0) is 45.9 Å². The Bertz CT molecular complexity index is 979. The molecule has 4 heterocycles.